The van der Waals surface area contributed by atoms with Crippen LogP contribution in [0.1, 0.15) is 26.7 Å². The molecule has 1 aliphatic rings. The number of hydrogen-bond acceptors (Lipinski definition) is 3. The van der Waals surface area contributed by atoms with E-state index in [1.54, 1.807) is 12.4 Å². The van der Waals surface area contributed by atoms with Gasteiger partial charge in [0.05, 0.1) is 19.3 Å². The van der Waals surface area contributed by atoms with E-state index in [0.717, 1.165) is 18.6 Å². The lowest BCUT2D eigenvalue weighted by molar-refractivity contribution is -0.144. The van der Waals surface area contributed by atoms with Crippen LogP contribution < -0.4 is 4.74 Å². The van der Waals surface area contributed by atoms with Crippen LogP contribution in [-0.4, -0.2) is 35.0 Å². The van der Waals surface area contributed by atoms with Crippen molar-refractivity contribution in [1.82, 2.24) is 9.88 Å². The Labute approximate surface area is 108 Å². The highest BCUT2D eigenvalue weighted by atomic mass is 16.5. The van der Waals surface area contributed by atoms with Crippen molar-refractivity contribution in [2.75, 3.05) is 13.1 Å². The maximum Gasteiger partial charge on any atom is 0.225 e. The monoisotopic (exact) mass is 248 g/mol. The summed E-state index contributed by atoms with van der Waals surface area (Å²) in [5, 5.41) is 0. The third kappa shape index (κ3) is 2.81. The molecule has 4 heteroatoms. The summed E-state index contributed by atoms with van der Waals surface area (Å²) in [7, 11) is 0. The van der Waals surface area contributed by atoms with E-state index in [1.807, 2.05) is 17.0 Å². The minimum Gasteiger partial charge on any atom is -0.485 e. The molecule has 98 valence electrons. The van der Waals surface area contributed by atoms with Gasteiger partial charge >= 0.3 is 0 Å². The summed E-state index contributed by atoms with van der Waals surface area (Å²) in [6.07, 6.45) is 5.37. The number of ether oxygens (including phenoxy) is 1. The highest BCUT2D eigenvalue weighted by Crippen LogP contribution is 2.20. The van der Waals surface area contributed by atoms with Crippen molar-refractivity contribution in [2.24, 2.45) is 5.92 Å². The van der Waals surface area contributed by atoms with E-state index in [1.165, 1.54) is 0 Å². The molecule has 1 aromatic rings. The Hall–Kier alpha value is -1.58. The van der Waals surface area contributed by atoms with E-state index in [4.69, 9.17) is 4.74 Å². The largest absolute Gasteiger partial charge is 0.485 e. The van der Waals surface area contributed by atoms with Gasteiger partial charge in [0.15, 0.2) is 0 Å². The van der Waals surface area contributed by atoms with Gasteiger partial charge in [-0.3, -0.25) is 9.78 Å². The SMILES string of the molecule is CCC(CC)C(=O)N1CC(Oc2cccnc2)C1. The molecule has 0 unspecified atom stereocenters. The number of carbonyl (C=O) groups is 1. The first kappa shape index (κ1) is 12.9. The highest BCUT2D eigenvalue weighted by Gasteiger charge is 2.34. The third-order valence-corrected chi connectivity index (χ3v) is 3.43. The lowest BCUT2D eigenvalue weighted by atomic mass is 9.99. The van der Waals surface area contributed by atoms with E-state index in [2.05, 4.69) is 18.8 Å². The number of pyridine rings is 1. The first-order valence-electron chi connectivity index (χ1n) is 6.60. The van der Waals surface area contributed by atoms with Gasteiger partial charge in [-0.1, -0.05) is 13.8 Å². The summed E-state index contributed by atoms with van der Waals surface area (Å²) in [6, 6.07) is 3.74. The predicted molar refractivity (Wildman–Crippen MR) is 69.3 cm³/mol. The first-order chi connectivity index (χ1) is 8.74. The Balaban J connectivity index is 1.79. The van der Waals surface area contributed by atoms with Crippen LogP contribution in [0, 0.1) is 5.92 Å². The smallest absolute Gasteiger partial charge is 0.225 e. The Bertz CT molecular complexity index is 384. The van der Waals surface area contributed by atoms with Gasteiger partial charge in [0.25, 0.3) is 0 Å². The van der Waals surface area contributed by atoms with Gasteiger partial charge in [-0.2, -0.15) is 0 Å². The zero-order chi connectivity index (χ0) is 13.0. The number of carbonyl (C=O) groups excluding carboxylic acids is 1. The van der Waals surface area contributed by atoms with Gasteiger partial charge in [0.2, 0.25) is 5.91 Å². The summed E-state index contributed by atoms with van der Waals surface area (Å²) in [5.41, 5.74) is 0. The molecule has 1 aliphatic heterocycles. The molecule has 2 rings (SSSR count). The number of aromatic nitrogens is 1. The number of likely N-dealkylation sites (tertiary alicyclic amines) is 1. The summed E-state index contributed by atoms with van der Waals surface area (Å²) >= 11 is 0. The number of amides is 1. The summed E-state index contributed by atoms with van der Waals surface area (Å²) < 4.78 is 5.72. The van der Waals surface area contributed by atoms with Gasteiger partial charge in [0.1, 0.15) is 11.9 Å². The van der Waals surface area contributed by atoms with Crippen LogP contribution in [0.3, 0.4) is 0 Å². The number of hydrogen-bond donors (Lipinski definition) is 0. The molecule has 0 N–H and O–H groups in total. The maximum atomic E-state index is 12.0. The second-order valence-electron chi connectivity index (χ2n) is 4.69. The predicted octanol–water partition coefficient (Wildman–Crippen LogP) is 2.11. The maximum absolute atomic E-state index is 12.0. The van der Waals surface area contributed by atoms with E-state index < -0.39 is 0 Å². The van der Waals surface area contributed by atoms with E-state index >= 15 is 0 Å². The molecule has 18 heavy (non-hydrogen) atoms. The van der Waals surface area contributed by atoms with Crippen molar-refractivity contribution in [3.8, 4) is 5.75 Å². The molecule has 0 atom stereocenters. The average molecular weight is 248 g/mol. The van der Waals surface area contributed by atoms with Crippen molar-refractivity contribution in [3.05, 3.63) is 24.5 Å². The molecule has 0 spiro atoms. The lowest BCUT2D eigenvalue weighted by Gasteiger charge is -2.40. The molecule has 0 aromatic carbocycles. The van der Waals surface area contributed by atoms with Gasteiger partial charge < -0.3 is 9.64 Å². The van der Waals surface area contributed by atoms with Crippen LogP contribution in [0.4, 0.5) is 0 Å². The Morgan fingerprint density at radius 1 is 1.50 bits per heavy atom. The van der Waals surface area contributed by atoms with E-state index in [9.17, 15) is 4.79 Å². The van der Waals surface area contributed by atoms with Crippen LogP contribution in [0.15, 0.2) is 24.5 Å². The standard InChI is InChI=1S/C14H20N2O2/c1-3-11(4-2)14(17)16-9-13(10-16)18-12-6-5-7-15-8-12/h5-8,11,13H,3-4,9-10H2,1-2H3. The Kier molecular flexibility index (Phi) is 4.18. The molecule has 1 aromatic heterocycles. The molecule has 1 amide bonds. The molecule has 0 saturated carbocycles. The van der Waals surface area contributed by atoms with Crippen LogP contribution in [0.5, 0.6) is 5.75 Å². The summed E-state index contributed by atoms with van der Waals surface area (Å²) in [4.78, 5) is 17.9. The van der Waals surface area contributed by atoms with E-state index in [-0.39, 0.29) is 17.9 Å². The van der Waals surface area contributed by atoms with Crippen molar-refractivity contribution in [1.29, 1.82) is 0 Å². The quantitative estimate of drug-likeness (QED) is 0.801. The van der Waals surface area contributed by atoms with Gasteiger partial charge in [0, 0.05) is 12.1 Å². The van der Waals surface area contributed by atoms with Gasteiger partial charge in [-0.05, 0) is 25.0 Å². The van der Waals surface area contributed by atoms with Crippen LogP contribution in [0.25, 0.3) is 0 Å². The Morgan fingerprint density at radius 3 is 2.78 bits per heavy atom. The molecule has 1 saturated heterocycles. The normalized spacial score (nSPS) is 15.6. The fraction of sp³-hybridized carbons (Fsp3) is 0.571. The van der Waals surface area contributed by atoms with Gasteiger partial charge in [-0.25, -0.2) is 0 Å². The number of rotatable bonds is 5. The first-order valence-corrected chi connectivity index (χ1v) is 6.60. The van der Waals surface area contributed by atoms with Gasteiger partial charge in [-0.15, -0.1) is 0 Å². The topological polar surface area (TPSA) is 42.4 Å². The minimum absolute atomic E-state index is 0.118. The molecule has 1 fully saturated rings. The molecule has 0 radical (unpaired) electrons. The fourth-order valence-corrected chi connectivity index (χ4v) is 2.20. The molecular weight excluding hydrogens is 228 g/mol. The highest BCUT2D eigenvalue weighted by molar-refractivity contribution is 5.79. The van der Waals surface area contributed by atoms with Crippen molar-refractivity contribution in [2.45, 2.75) is 32.8 Å². The van der Waals surface area contributed by atoms with Crippen molar-refractivity contribution in [3.63, 3.8) is 0 Å². The fourth-order valence-electron chi connectivity index (χ4n) is 2.20. The molecular formula is C14H20N2O2. The minimum atomic E-state index is 0.118. The van der Waals surface area contributed by atoms with Crippen molar-refractivity contribution < 1.29 is 9.53 Å². The van der Waals surface area contributed by atoms with Crippen LogP contribution in [-0.2, 0) is 4.79 Å². The molecule has 4 nitrogen and oxygen atoms in total. The van der Waals surface area contributed by atoms with Crippen LogP contribution >= 0.6 is 0 Å². The third-order valence-electron chi connectivity index (χ3n) is 3.43. The molecule has 0 bridgehead atoms. The van der Waals surface area contributed by atoms with Crippen LogP contribution in [0.2, 0.25) is 0 Å². The van der Waals surface area contributed by atoms with E-state index in [0.29, 0.717) is 13.1 Å². The zero-order valence-corrected chi connectivity index (χ0v) is 11.0. The summed E-state index contributed by atoms with van der Waals surface area (Å²) in [6.45, 7) is 5.53. The second-order valence-corrected chi connectivity index (χ2v) is 4.69. The van der Waals surface area contributed by atoms with Crippen molar-refractivity contribution >= 4 is 5.91 Å². The zero-order valence-electron chi connectivity index (χ0n) is 11.0. The second kappa shape index (κ2) is 5.85. The molecule has 2 heterocycles. The molecule has 0 aliphatic carbocycles. The summed E-state index contributed by atoms with van der Waals surface area (Å²) in [5.74, 6) is 1.22. The Morgan fingerprint density at radius 2 is 2.22 bits per heavy atom. The lowest BCUT2D eigenvalue weighted by Crippen LogP contribution is -2.57. The number of nitrogens with zero attached hydrogens (tertiary/aromatic N) is 2. The average Bonchev–Trinajstić information content (AvgIpc) is 2.36.